The van der Waals surface area contributed by atoms with Crippen molar-refractivity contribution in [3.8, 4) is 0 Å². The number of hydrogen-bond acceptors (Lipinski definition) is 2. The molecule has 4 saturated carbocycles. The van der Waals surface area contributed by atoms with E-state index in [1.807, 2.05) is 0 Å². The Hall–Kier alpha value is -1.25. The van der Waals surface area contributed by atoms with Gasteiger partial charge in [-0.3, -0.25) is 4.79 Å². The van der Waals surface area contributed by atoms with Crippen molar-refractivity contribution in [1.29, 1.82) is 0 Å². The fourth-order valence-corrected chi connectivity index (χ4v) is 5.52. The van der Waals surface area contributed by atoms with E-state index in [2.05, 4.69) is 0 Å². The van der Waals surface area contributed by atoms with E-state index < -0.39 is 0 Å². The third-order valence-corrected chi connectivity index (χ3v) is 6.13. The summed E-state index contributed by atoms with van der Waals surface area (Å²) in [6.45, 7) is 0.844. The van der Waals surface area contributed by atoms with E-state index >= 15 is 0 Å². The quantitative estimate of drug-likeness (QED) is 0.919. The van der Waals surface area contributed by atoms with Crippen molar-refractivity contribution in [2.24, 2.45) is 29.6 Å². The first kappa shape index (κ1) is 12.5. The Kier molecular flexibility index (Phi) is 2.90. The van der Waals surface area contributed by atoms with Gasteiger partial charge in [0.05, 0.1) is 0 Å². The van der Waals surface area contributed by atoms with Crippen molar-refractivity contribution >= 4 is 5.69 Å². The molecule has 5 rings (SSSR count). The summed E-state index contributed by atoms with van der Waals surface area (Å²) >= 11 is 0. The SMILES string of the molecule is Nc1ccc(=O)n(CCC2C3CC4CC(C3)CC2C4)c1. The predicted octanol–water partition coefficient (Wildman–Crippen LogP) is 2.89. The van der Waals surface area contributed by atoms with Crippen molar-refractivity contribution < 1.29 is 0 Å². The lowest BCUT2D eigenvalue weighted by Crippen LogP contribution is -2.45. The van der Waals surface area contributed by atoms with Crippen LogP contribution in [0.2, 0.25) is 0 Å². The fraction of sp³-hybridized carbons (Fsp3) is 0.706. The zero-order valence-corrected chi connectivity index (χ0v) is 12.0. The fourth-order valence-electron chi connectivity index (χ4n) is 5.52. The lowest BCUT2D eigenvalue weighted by atomic mass is 9.51. The Balaban J connectivity index is 1.47. The summed E-state index contributed by atoms with van der Waals surface area (Å²) in [6.07, 6.45) is 10.3. The monoisotopic (exact) mass is 272 g/mol. The van der Waals surface area contributed by atoms with Gasteiger partial charge < -0.3 is 10.3 Å². The highest BCUT2D eigenvalue weighted by Crippen LogP contribution is 2.57. The minimum absolute atomic E-state index is 0.0861. The highest BCUT2D eigenvalue weighted by atomic mass is 16.1. The molecule has 0 amide bonds. The summed E-state index contributed by atoms with van der Waals surface area (Å²) in [5.41, 5.74) is 6.57. The molecule has 0 spiro atoms. The number of rotatable bonds is 3. The molecule has 0 aromatic carbocycles. The van der Waals surface area contributed by atoms with Gasteiger partial charge in [-0.1, -0.05) is 0 Å². The van der Waals surface area contributed by atoms with Crippen LogP contribution in [0.25, 0.3) is 0 Å². The summed E-state index contributed by atoms with van der Waals surface area (Å²) < 4.78 is 1.81. The third-order valence-electron chi connectivity index (χ3n) is 6.13. The van der Waals surface area contributed by atoms with Crippen LogP contribution in [0, 0.1) is 29.6 Å². The topological polar surface area (TPSA) is 48.0 Å². The maximum atomic E-state index is 11.9. The first-order valence-corrected chi connectivity index (χ1v) is 8.15. The van der Waals surface area contributed by atoms with E-state index in [1.54, 1.807) is 22.9 Å². The summed E-state index contributed by atoms with van der Waals surface area (Å²) in [7, 11) is 0. The Morgan fingerprint density at radius 2 is 1.70 bits per heavy atom. The average Bonchev–Trinajstić information content (AvgIpc) is 2.41. The van der Waals surface area contributed by atoms with Gasteiger partial charge in [-0.25, -0.2) is 0 Å². The molecule has 4 aliphatic rings. The van der Waals surface area contributed by atoms with Gasteiger partial charge in [0, 0.05) is 24.5 Å². The van der Waals surface area contributed by atoms with E-state index in [0.29, 0.717) is 5.69 Å². The minimum atomic E-state index is 0.0861. The molecule has 1 heterocycles. The Morgan fingerprint density at radius 1 is 1.05 bits per heavy atom. The van der Waals surface area contributed by atoms with Crippen LogP contribution in [0.4, 0.5) is 5.69 Å². The van der Waals surface area contributed by atoms with Crippen LogP contribution in [-0.2, 0) is 6.54 Å². The van der Waals surface area contributed by atoms with Crippen molar-refractivity contribution in [3.63, 3.8) is 0 Å². The van der Waals surface area contributed by atoms with Crippen molar-refractivity contribution in [1.82, 2.24) is 4.57 Å². The molecule has 108 valence electrons. The molecule has 1 aromatic heterocycles. The van der Waals surface area contributed by atoms with Gasteiger partial charge in [0.25, 0.3) is 5.56 Å². The second-order valence-electron chi connectivity index (χ2n) is 7.38. The molecule has 4 bridgehead atoms. The molecular formula is C17H24N2O. The van der Waals surface area contributed by atoms with Crippen molar-refractivity contribution in [2.45, 2.75) is 45.1 Å². The maximum absolute atomic E-state index is 11.9. The van der Waals surface area contributed by atoms with Gasteiger partial charge in [-0.2, -0.15) is 0 Å². The minimum Gasteiger partial charge on any atom is -0.398 e. The van der Waals surface area contributed by atoms with E-state index in [0.717, 1.165) is 42.6 Å². The third kappa shape index (κ3) is 2.07. The molecule has 0 unspecified atom stereocenters. The summed E-state index contributed by atoms with van der Waals surface area (Å²) in [5.74, 6) is 4.81. The Labute approximate surface area is 120 Å². The maximum Gasteiger partial charge on any atom is 0.250 e. The molecule has 3 heteroatoms. The molecule has 0 atom stereocenters. The first-order chi connectivity index (χ1) is 9.69. The molecule has 20 heavy (non-hydrogen) atoms. The van der Waals surface area contributed by atoms with Crippen LogP contribution in [0.3, 0.4) is 0 Å². The van der Waals surface area contributed by atoms with E-state index in [4.69, 9.17) is 5.73 Å². The Bertz CT molecular complexity index is 534. The van der Waals surface area contributed by atoms with Gasteiger partial charge in [0.1, 0.15) is 0 Å². The standard InChI is InChI=1S/C17H24N2O/c18-15-1-2-17(20)19(10-15)4-3-16-13-6-11-5-12(8-13)9-14(16)7-11/h1-2,10-14,16H,3-9,18H2. The van der Waals surface area contributed by atoms with Crippen LogP contribution in [-0.4, -0.2) is 4.57 Å². The van der Waals surface area contributed by atoms with Crippen molar-refractivity contribution in [3.05, 3.63) is 28.7 Å². The number of anilines is 1. The molecule has 0 aliphatic heterocycles. The predicted molar refractivity (Wildman–Crippen MR) is 80.3 cm³/mol. The second-order valence-corrected chi connectivity index (χ2v) is 7.38. The van der Waals surface area contributed by atoms with Crippen LogP contribution in [0.1, 0.15) is 38.5 Å². The lowest BCUT2D eigenvalue weighted by Gasteiger charge is -2.54. The number of pyridine rings is 1. The molecule has 4 fully saturated rings. The smallest absolute Gasteiger partial charge is 0.250 e. The van der Waals surface area contributed by atoms with E-state index in [9.17, 15) is 4.79 Å². The van der Waals surface area contributed by atoms with Gasteiger partial charge >= 0.3 is 0 Å². The highest BCUT2D eigenvalue weighted by Gasteiger charge is 2.47. The number of aryl methyl sites for hydroxylation is 1. The largest absolute Gasteiger partial charge is 0.398 e. The van der Waals surface area contributed by atoms with E-state index in [-0.39, 0.29) is 5.56 Å². The van der Waals surface area contributed by atoms with Gasteiger partial charge in [-0.15, -0.1) is 0 Å². The molecule has 0 radical (unpaired) electrons. The first-order valence-electron chi connectivity index (χ1n) is 8.15. The summed E-state index contributed by atoms with van der Waals surface area (Å²) in [4.78, 5) is 11.9. The van der Waals surface area contributed by atoms with Crippen LogP contribution >= 0.6 is 0 Å². The number of nitrogens with zero attached hydrogens (tertiary/aromatic N) is 1. The molecule has 4 aliphatic carbocycles. The van der Waals surface area contributed by atoms with Gasteiger partial charge in [0.2, 0.25) is 0 Å². The van der Waals surface area contributed by atoms with E-state index in [1.165, 1.54) is 32.1 Å². The summed E-state index contributed by atoms with van der Waals surface area (Å²) in [5, 5.41) is 0. The molecule has 2 N–H and O–H groups in total. The highest BCUT2D eigenvalue weighted by molar-refractivity contribution is 5.33. The number of hydrogen-bond donors (Lipinski definition) is 1. The number of nitrogen functional groups attached to an aromatic ring is 1. The van der Waals surface area contributed by atoms with Crippen LogP contribution in [0.15, 0.2) is 23.1 Å². The summed E-state index contributed by atoms with van der Waals surface area (Å²) in [6, 6.07) is 3.29. The van der Waals surface area contributed by atoms with Crippen LogP contribution < -0.4 is 11.3 Å². The van der Waals surface area contributed by atoms with Crippen LogP contribution in [0.5, 0.6) is 0 Å². The average molecular weight is 272 g/mol. The molecule has 0 saturated heterocycles. The molecule has 1 aromatic rings. The second kappa shape index (κ2) is 4.64. The molecule has 3 nitrogen and oxygen atoms in total. The Morgan fingerprint density at radius 3 is 2.35 bits per heavy atom. The van der Waals surface area contributed by atoms with Gasteiger partial charge in [0.15, 0.2) is 0 Å². The van der Waals surface area contributed by atoms with Gasteiger partial charge in [-0.05, 0) is 74.2 Å². The van der Waals surface area contributed by atoms with Crippen molar-refractivity contribution in [2.75, 3.05) is 5.73 Å². The normalized spacial score (nSPS) is 38.3. The number of aromatic nitrogens is 1. The zero-order valence-electron chi connectivity index (χ0n) is 12.0. The molecular weight excluding hydrogens is 248 g/mol. The number of nitrogens with two attached hydrogens (primary N) is 1. The lowest BCUT2D eigenvalue weighted by molar-refractivity contribution is -0.0411. The zero-order chi connectivity index (χ0) is 13.7.